The summed E-state index contributed by atoms with van der Waals surface area (Å²) >= 11 is 6.54. The van der Waals surface area contributed by atoms with E-state index in [1.807, 2.05) is 0 Å². The van der Waals surface area contributed by atoms with Crippen molar-refractivity contribution in [2.45, 2.75) is 50.1 Å². The Balaban J connectivity index is 1.16. The number of hydrogen-bond acceptors (Lipinski definition) is 8. The molecule has 190 valence electrons. The highest BCUT2D eigenvalue weighted by Gasteiger charge is 2.49. The van der Waals surface area contributed by atoms with Gasteiger partial charge in [0.25, 0.3) is 5.91 Å². The third-order valence-electron chi connectivity index (χ3n) is 6.95. The Hall–Kier alpha value is -2.37. The topological polar surface area (TPSA) is 120 Å². The molecule has 9 nitrogen and oxygen atoms in total. The van der Waals surface area contributed by atoms with Gasteiger partial charge in [-0.2, -0.15) is 4.36 Å². The second kappa shape index (κ2) is 9.50. The molecule has 0 unspecified atom stereocenters. The standard InChI is InChI=1S/C25H26ClN3O6S/c26-16-10-17-18(11-21(27-17)35-20-13-34-23-19(30)12-33-24(20)23)28-22(16)14-4-6-15(7-5-14)25(31)29-36(32)8-2-1-3-9-36/h4-7,10,19-20,23-24,30H,1-3,8-9,11-13H2/t19-,20-,23-,24-/m1/s1. The van der Waals surface area contributed by atoms with Gasteiger partial charge >= 0.3 is 0 Å². The van der Waals surface area contributed by atoms with Crippen LogP contribution in [0.15, 0.2) is 39.7 Å². The highest BCUT2D eigenvalue weighted by molar-refractivity contribution is 7.93. The lowest BCUT2D eigenvalue weighted by atomic mass is 10.1. The first kappa shape index (κ1) is 24.0. The van der Waals surface area contributed by atoms with Crippen LogP contribution < -0.4 is 0 Å². The predicted octanol–water partition coefficient (Wildman–Crippen LogP) is 3.32. The fraction of sp³-hybridized carbons (Fsp3) is 0.480. The van der Waals surface area contributed by atoms with Crippen molar-refractivity contribution in [1.82, 2.24) is 4.98 Å². The summed E-state index contributed by atoms with van der Waals surface area (Å²) in [7, 11) is -2.45. The first-order valence-electron chi connectivity index (χ1n) is 12.1. The average molecular weight is 532 g/mol. The normalized spacial score (nSPS) is 28.3. The molecule has 0 saturated carbocycles. The van der Waals surface area contributed by atoms with Crippen molar-refractivity contribution in [3.05, 3.63) is 46.6 Å². The summed E-state index contributed by atoms with van der Waals surface area (Å²) in [6.07, 6.45) is 1.47. The Labute approximate surface area is 214 Å². The Bertz CT molecular complexity index is 1340. The van der Waals surface area contributed by atoms with Crippen LogP contribution in [0.25, 0.3) is 11.3 Å². The van der Waals surface area contributed by atoms with E-state index in [0.717, 1.165) is 30.5 Å². The lowest BCUT2D eigenvalue weighted by molar-refractivity contribution is 0.00558. The number of halogens is 1. The number of fused-ring (bicyclic) bond motifs is 2. The van der Waals surface area contributed by atoms with Gasteiger partial charge < -0.3 is 19.3 Å². The van der Waals surface area contributed by atoms with Gasteiger partial charge in [-0.1, -0.05) is 30.2 Å². The molecule has 1 aromatic heterocycles. The number of benzene rings is 1. The first-order valence-corrected chi connectivity index (χ1v) is 14.3. The van der Waals surface area contributed by atoms with Crippen molar-refractivity contribution in [2.75, 3.05) is 24.7 Å². The largest absolute Gasteiger partial charge is 0.472 e. The molecule has 0 aliphatic carbocycles. The number of aliphatic hydroxyl groups is 1. The third-order valence-corrected chi connectivity index (χ3v) is 9.59. The molecule has 3 saturated heterocycles. The van der Waals surface area contributed by atoms with Crippen molar-refractivity contribution in [2.24, 2.45) is 9.36 Å². The van der Waals surface area contributed by atoms with Gasteiger partial charge in [-0.25, -0.2) is 14.2 Å². The van der Waals surface area contributed by atoms with E-state index in [-0.39, 0.29) is 24.9 Å². The van der Waals surface area contributed by atoms with Crippen molar-refractivity contribution in [3.8, 4) is 11.3 Å². The molecule has 1 amide bonds. The molecule has 1 aromatic carbocycles. The van der Waals surface area contributed by atoms with Gasteiger partial charge in [-0.05, 0) is 31.0 Å². The molecule has 3 fully saturated rings. The number of hydrogen-bond donors (Lipinski definition) is 1. The van der Waals surface area contributed by atoms with Crippen molar-refractivity contribution >= 4 is 38.8 Å². The molecule has 0 radical (unpaired) electrons. The number of carbonyl (C=O) groups is 1. The van der Waals surface area contributed by atoms with Gasteiger partial charge in [0.05, 0.1) is 51.5 Å². The maximum atomic E-state index is 12.8. The minimum Gasteiger partial charge on any atom is -0.472 e. The van der Waals surface area contributed by atoms with Crippen LogP contribution in [0.2, 0.25) is 5.02 Å². The number of aliphatic hydroxyl groups excluding tert-OH is 1. The Morgan fingerprint density at radius 1 is 1.11 bits per heavy atom. The van der Waals surface area contributed by atoms with Crippen LogP contribution in [0.4, 0.5) is 5.69 Å². The highest BCUT2D eigenvalue weighted by atomic mass is 35.5. The second-order valence-corrected chi connectivity index (χ2v) is 12.5. The van der Waals surface area contributed by atoms with Crippen LogP contribution >= 0.6 is 11.6 Å². The number of amides is 1. The van der Waals surface area contributed by atoms with E-state index in [4.69, 9.17) is 30.8 Å². The quantitative estimate of drug-likeness (QED) is 0.645. The molecule has 36 heavy (non-hydrogen) atoms. The Morgan fingerprint density at radius 2 is 1.86 bits per heavy atom. The van der Waals surface area contributed by atoms with E-state index in [1.54, 1.807) is 30.3 Å². The zero-order valence-corrected chi connectivity index (χ0v) is 21.0. The number of carbonyl (C=O) groups excluding carboxylic acids is 1. The molecule has 0 bridgehead atoms. The number of aliphatic imine (C=N–C) groups is 1. The molecule has 1 N–H and O–H groups in total. The molecule has 2 aromatic rings. The average Bonchev–Trinajstić information content (AvgIpc) is 3.55. The summed E-state index contributed by atoms with van der Waals surface area (Å²) in [5.74, 6) is 1.03. The molecule has 4 aliphatic rings. The van der Waals surface area contributed by atoms with E-state index in [0.29, 0.717) is 52.4 Å². The number of nitrogens with zero attached hydrogens (tertiary/aromatic N) is 3. The monoisotopic (exact) mass is 531 g/mol. The molecule has 5 heterocycles. The SMILES string of the molecule is O=C(N=S1(=O)CCCCC1)c1ccc(-c2nc3c(cc2Cl)N=C(O[C@@H]2CO[C@H]4[C@@H]2OC[C@H]4O)C3)cc1. The summed E-state index contributed by atoms with van der Waals surface area (Å²) in [5, 5.41) is 10.4. The number of aromatic nitrogens is 1. The Kier molecular flexibility index (Phi) is 6.33. The molecule has 0 spiro atoms. The lowest BCUT2D eigenvalue weighted by Crippen LogP contribution is -2.34. The van der Waals surface area contributed by atoms with Crippen LogP contribution in [0.3, 0.4) is 0 Å². The maximum Gasteiger partial charge on any atom is 0.285 e. The number of ether oxygens (including phenoxy) is 3. The van der Waals surface area contributed by atoms with Gasteiger partial charge in [0, 0.05) is 22.6 Å². The van der Waals surface area contributed by atoms with Crippen LogP contribution in [-0.2, 0) is 30.4 Å². The summed E-state index contributed by atoms with van der Waals surface area (Å²) in [5.41, 5.74) is 3.09. The smallest absolute Gasteiger partial charge is 0.285 e. The van der Waals surface area contributed by atoms with Gasteiger partial charge in [0.2, 0.25) is 0 Å². The van der Waals surface area contributed by atoms with Crippen LogP contribution in [-0.4, -0.2) is 75.2 Å². The van der Waals surface area contributed by atoms with Crippen molar-refractivity contribution in [1.29, 1.82) is 0 Å². The van der Waals surface area contributed by atoms with Crippen molar-refractivity contribution < 1.29 is 28.3 Å². The minimum atomic E-state index is -2.45. The Morgan fingerprint density at radius 3 is 2.64 bits per heavy atom. The molecular formula is C25H26ClN3O6S. The van der Waals surface area contributed by atoms with Gasteiger partial charge in [0.1, 0.15) is 18.3 Å². The van der Waals surface area contributed by atoms with Gasteiger partial charge in [0.15, 0.2) is 12.0 Å². The maximum absolute atomic E-state index is 12.8. The van der Waals surface area contributed by atoms with Crippen LogP contribution in [0.1, 0.15) is 35.3 Å². The van der Waals surface area contributed by atoms with E-state index in [1.165, 1.54) is 0 Å². The van der Waals surface area contributed by atoms with E-state index >= 15 is 0 Å². The lowest BCUT2D eigenvalue weighted by Gasteiger charge is -2.17. The zero-order chi connectivity index (χ0) is 24.9. The van der Waals surface area contributed by atoms with E-state index < -0.39 is 21.7 Å². The molecule has 4 aliphatic heterocycles. The van der Waals surface area contributed by atoms with E-state index in [9.17, 15) is 14.1 Å². The summed E-state index contributed by atoms with van der Waals surface area (Å²) in [6.45, 7) is 0.563. The molecule has 4 atom stereocenters. The third kappa shape index (κ3) is 4.56. The molecule has 6 rings (SSSR count). The predicted molar refractivity (Wildman–Crippen MR) is 134 cm³/mol. The highest BCUT2D eigenvalue weighted by Crippen LogP contribution is 2.36. The van der Waals surface area contributed by atoms with Gasteiger partial charge in [-0.3, -0.25) is 4.79 Å². The number of rotatable bonds is 3. The summed E-state index contributed by atoms with van der Waals surface area (Å²) < 4.78 is 34.1. The van der Waals surface area contributed by atoms with E-state index in [2.05, 4.69) is 9.36 Å². The number of pyridine rings is 1. The zero-order valence-electron chi connectivity index (χ0n) is 19.5. The fourth-order valence-corrected chi connectivity index (χ4v) is 7.41. The van der Waals surface area contributed by atoms with Crippen molar-refractivity contribution in [3.63, 3.8) is 0 Å². The van der Waals surface area contributed by atoms with Crippen LogP contribution in [0, 0.1) is 0 Å². The molecule has 11 heteroatoms. The second-order valence-electron chi connectivity index (χ2n) is 9.50. The fourth-order valence-electron chi connectivity index (χ4n) is 5.05. The molecular weight excluding hydrogens is 506 g/mol. The van der Waals surface area contributed by atoms with Gasteiger partial charge in [-0.15, -0.1) is 0 Å². The summed E-state index contributed by atoms with van der Waals surface area (Å²) in [6, 6.07) is 8.61. The first-order chi connectivity index (χ1) is 17.4. The summed E-state index contributed by atoms with van der Waals surface area (Å²) in [4.78, 5) is 21.9. The minimum absolute atomic E-state index is 0.236. The van der Waals surface area contributed by atoms with Crippen LogP contribution in [0.5, 0.6) is 0 Å².